The lowest BCUT2D eigenvalue weighted by Crippen LogP contribution is -2.27. The number of aromatic nitrogens is 1. The fraction of sp³-hybridized carbons (Fsp3) is 0.714. The van der Waals surface area contributed by atoms with Gasteiger partial charge in [-0.15, -0.1) is 11.3 Å². The number of ether oxygens (including phenoxy) is 2. The van der Waals surface area contributed by atoms with Crippen molar-refractivity contribution in [3.05, 3.63) is 16.1 Å². The maximum Gasteiger partial charge on any atom is 0.357 e. The molecule has 19 heavy (non-hydrogen) atoms. The van der Waals surface area contributed by atoms with E-state index < -0.39 is 0 Å². The smallest absolute Gasteiger partial charge is 0.357 e. The zero-order chi connectivity index (χ0) is 13.7. The topological polar surface area (TPSA) is 48.4 Å². The molecule has 0 saturated heterocycles. The summed E-state index contributed by atoms with van der Waals surface area (Å²) in [6, 6.07) is 0. The van der Waals surface area contributed by atoms with E-state index in [9.17, 15) is 4.79 Å². The second-order valence-corrected chi connectivity index (χ2v) is 6.12. The van der Waals surface area contributed by atoms with Gasteiger partial charge in [0.15, 0.2) is 5.69 Å². The monoisotopic (exact) mass is 283 g/mol. The molecule has 1 fully saturated rings. The summed E-state index contributed by atoms with van der Waals surface area (Å²) < 4.78 is 10.9. The van der Waals surface area contributed by atoms with Gasteiger partial charge in [-0.2, -0.15) is 0 Å². The average Bonchev–Trinajstić information content (AvgIpc) is 2.83. The van der Waals surface area contributed by atoms with E-state index >= 15 is 0 Å². The van der Waals surface area contributed by atoms with Crippen LogP contribution in [0.2, 0.25) is 0 Å². The highest BCUT2D eigenvalue weighted by atomic mass is 32.1. The molecule has 0 amide bonds. The molecule has 1 aromatic heterocycles. The summed E-state index contributed by atoms with van der Waals surface area (Å²) in [5.74, 6) is 0.260. The molecular weight excluding hydrogens is 262 g/mol. The van der Waals surface area contributed by atoms with Gasteiger partial charge in [-0.3, -0.25) is 0 Å². The lowest BCUT2D eigenvalue weighted by molar-refractivity contribution is -0.0272. The number of nitrogens with zero attached hydrogens (tertiary/aromatic N) is 1. The number of hydrogen-bond acceptors (Lipinski definition) is 5. The van der Waals surface area contributed by atoms with Gasteiger partial charge in [-0.25, -0.2) is 9.78 Å². The number of rotatable bonds is 5. The fourth-order valence-electron chi connectivity index (χ4n) is 2.39. The van der Waals surface area contributed by atoms with Gasteiger partial charge in [-0.1, -0.05) is 19.8 Å². The molecule has 1 aliphatic rings. The van der Waals surface area contributed by atoms with Crippen molar-refractivity contribution in [3.63, 3.8) is 0 Å². The Morgan fingerprint density at radius 2 is 2.21 bits per heavy atom. The third-order valence-electron chi connectivity index (χ3n) is 3.51. The lowest BCUT2D eigenvalue weighted by atomic mass is 9.88. The number of thiazole rings is 1. The van der Waals surface area contributed by atoms with Crippen molar-refractivity contribution < 1.29 is 14.3 Å². The van der Waals surface area contributed by atoms with E-state index in [1.807, 2.05) is 6.92 Å². The van der Waals surface area contributed by atoms with E-state index in [1.165, 1.54) is 30.6 Å². The van der Waals surface area contributed by atoms with Gasteiger partial charge in [0.1, 0.15) is 6.61 Å². The summed E-state index contributed by atoms with van der Waals surface area (Å²) in [5.41, 5.74) is 0.397. The first kappa shape index (κ1) is 14.5. The summed E-state index contributed by atoms with van der Waals surface area (Å²) in [6.45, 7) is 4.88. The van der Waals surface area contributed by atoms with Gasteiger partial charge in [-0.05, 0) is 25.7 Å². The van der Waals surface area contributed by atoms with E-state index in [1.54, 1.807) is 5.38 Å². The number of esters is 1. The summed E-state index contributed by atoms with van der Waals surface area (Å²) in [4.78, 5) is 15.7. The Morgan fingerprint density at radius 3 is 2.89 bits per heavy atom. The van der Waals surface area contributed by atoms with Crippen molar-refractivity contribution in [3.8, 4) is 0 Å². The second-order valence-electron chi connectivity index (χ2n) is 5.06. The van der Waals surface area contributed by atoms with Gasteiger partial charge in [0.05, 0.1) is 17.7 Å². The van der Waals surface area contributed by atoms with Crippen LogP contribution in [0.3, 0.4) is 0 Å². The fourth-order valence-corrected chi connectivity index (χ4v) is 2.98. The van der Waals surface area contributed by atoms with Crippen LogP contribution in [0, 0.1) is 12.8 Å². The Bertz CT molecular complexity index is 419. The van der Waals surface area contributed by atoms with Crippen molar-refractivity contribution in [2.24, 2.45) is 5.92 Å². The molecule has 0 spiro atoms. The summed E-state index contributed by atoms with van der Waals surface area (Å²) >= 11 is 1.45. The van der Waals surface area contributed by atoms with Crippen LogP contribution in [0.25, 0.3) is 0 Å². The van der Waals surface area contributed by atoms with Crippen molar-refractivity contribution in [1.82, 2.24) is 4.98 Å². The van der Waals surface area contributed by atoms with Crippen LogP contribution in [0.4, 0.5) is 0 Å². The zero-order valence-electron chi connectivity index (χ0n) is 11.6. The second kappa shape index (κ2) is 7.01. The Balaban J connectivity index is 1.65. The molecule has 1 aromatic rings. The largest absolute Gasteiger partial charge is 0.458 e. The van der Waals surface area contributed by atoms with Crippen LogP contribution in [-0.4, -0.2) is 30.3 Å². The van der Waals surface area contributed by atoms with Crippen LogP contribution in [0.5, 0.6) is 0 Å². The average molecular weight is 283 g/mol. The van der Waals surface area contributed by atoms with E-state index in [-0.39, 0.29) is 5.97 Å². The Morgan fingerprint density at radius 1 is 1.42 bits per heavy atom. The first-order chi connectivity index (χ1) is 9.16. The summed E-state index contributed by atoms with van der Waals surface area (Å²) in [7, 11) is 0. The van der Waals surface area contributed by atoms with Gasteiger partial charge in [0.25, 0.3) is 0 Å². The highest BCUT2D eigenvalue weighted by molar-refractivity contribution is 7.09. The molecule has 0 bridgehead atoms. The standard InChI is InChI=1S/C14H21NO3S/c1-10-5-3-4-6-13(10)17-7-8-18-14(16)12-9-19-11(2)15-12/h9-10,13H,3-8H2,1-2H3/t10-,13+/m0/s1. The third kappa shape index (κ3) is 4.28. The predicted octanol–water partition coefficient (Wildman–Crippen LogP) is 3.20. The molecule has 2 atom stereocenters. The summed E-state index contributed by atoms with van der Waals surface area (Å²) in [5, 5.41) is 2.60. The molecule has 0 unspecified atom stereocenters. The van der Waals surface area contributed by atoms with Crippen molar-refractivity contribution in [2.75, 3.05) is 13.2 Å². The SMILES string of the molecule is Cc1nc(C(=O)OCCO[C@@H]2CCCC[C@@H]2C)cs1. The normalized spacial score (nSPS) is 23.3. The first-order valence-corrected chi connectivity index (χ1v) is 7.75. The molecule has 0 aliphatic heterocycles. The minimum absolute atomic E-state index is 0.304. The molecule has 1 heterocycles. The predicted molar refractivity (Wildman–Crippen MR) is 74.5 cm³/mol. The quantitative estimate of drug-likeness (QED) is 0.615. The summed E-state index contributed by atoms with van der Waals surface area (Å²) in [6.07, 6.45) is 5.24. The first-order valence-electron chi connectivity index (χ1n) is 6.87. The van der Waals surface area contributed by atoms with E-state index in [0.29, 0.717) is 30.9 Å². The Labute approximate surface area is 118 Å². The number of hydrogen-bond donors (Lipinski definition) is 0. The molecule has 5 heteroatoms. The van der Waals surface area contributed by atoms with Gasteiger partial charge < -0.3 is 9.47 Å². The number of carbonyl (C=O) groups excluding carboxylic acids is 1. The highest BCUT2D eigenvalue weighted by Crippen LogP contribution is 2.26. The number of carbonyl (C=O) groups is 1. The van der Waals surface area contributed by atoms with Gasteiger partial charge >= 0.3 is 5.97 Å². The molecular formula is C14H21NO3S. The zero-order valence-corrected chi connectivity index (χ0v) is 12.4. The lowest BCUT2D eigenvalue weighted by Gasteiger charge is -2.28. The van der Waals surface area contributed by atoms with Crippen molar-refractivity contribution in [2.45, 2.75) is 45.6 Å². The van der Waals surface area contributed by atoms with Crippen LogP contribution < -0.4 is 0 Å². The van der Waals surface area contributed by atoms with E-state index in [2.05, 4.69) is 11.9 Å². The molecule has 2 rings (SSSR count). The van der Waals surface area contributed by atoms with Crippen molar-refractivity contribution in [1.29, 1.82) is 0 Å². The minimum Gasteiger partial charge on any atom is -0.458 e. The molecule has 106 valence electrons. The maximum atomic E-state index is 11.6. The minimum atomic E-state index is -0.357. The van der Waals surface area contributed by atoms with Crippen LogP contribution in [0.1, 0.15) is 48.1 Å². The van der Waals surface area contributed by atoms with E-state index in [4.69, 9.17) is 9.47 Å². The molecule has 0 N–H and O–H groups in total. The Hall–Kier alpha value is -0.940. The maximum absolute atomic E-state index is 11.6. The van der Waals surface area contributed by atoms with Crippen LogP contribution in [0.15, 0.2) is 5.38 Å². The third-order valence-corrected chi connectivity index (χ3v) is 4.28. The molecule has 1 saturated carbocycles. The van der Waals surface area contributed by atoms with Crippen LogP contribution >= 0.6 is 11.3 Å². The highest BCUT2D eigenvalue weighted by Gasteiger charge is 2.21. The van der Waals surface area contributed by atoms with Crippen LogP contribution in [-0.2, 0) is 9.47 Å². The van der Waals surface area contributed by atoms with Crippen molar-refractivity contribution >= 4 is 17.3 Å². The molecule has 1 aliphatic carbocycles. The Kier molecular flexibility index (Phi) is 5.34. The van der Waals surface area contributed by atoms with Gasteiger partial charge in [0, 0.05) is 5.38 Å². The molecule has 0 radical (unpaired) electrons. The molecule has 0 aromatic carbocycles. The van der Waals surface area contributed by atoms with Gasteiger partial charge in [0.2, 0.25) is 0 Å². The molecule has 4 nitrogen and oxygen atoms in total. The number of aryl methyl sites for hydroxylation is 1. The van der Waals surface area contributed by atoms with E-state index in [0.717, 1.165) is 11.4 Å².